The summed E-state index contributed by atoms with van der Waals surface area (Å²) in [5, 5.41) is 11.2. The summed E-state index contributed by atoms with van der Waals surface area (Å²) in [7, 11) is 0. The van der Waals surface area contributed by atoms with Crippen LogP contribution in [-0.2, 0) is 4.79 Å². The van der Waals surface area contributed by atoms with E-state index in [-0.39, 0.29) is 17.9 Å². The normalized spacial score (nSPS) is 10.9. The Hall–Kier alpha value is -2.53. The molecule has 0 aromatic heterocycles. The molecule has 5 heteroatoms. The number of amides is 1. The first-order valence-corrected chi connectivity index (χ1v) is 5.16. The topological polar surface area (TPSA) is 62.1 Å². The van der Waals surface area contributed by atoms with Gasteiger partial charge in [-0.2, -0.15) is 5.26 Å². The second-order valence-corrected chi connectivity index (χ2v) is 3.41. The summed E-state index contributed by atoms with van der Waals surface area (Å²) < 4.78 is 18.5. The molecular weight excluding hydrogens is 235 g/mol. The number of carbonyl (C=O) groups is 1. The van der Waals surface area contributed by atoms with Crippen LogP contribution in [0.3, 0.4) is 0 Å². The number of terminal acetylenes is 1. The molecule has 1 aromatic carbocycles. The second-order valence-electron chi connectivity index (χ2n) is 3.41. The van der Waals surface area contributed by atoms with Crippen LogP contribution in [0.4, 0.5) is 4.39 Å². The van der Waals surface area contributed by atoms with Gasteiger partial charge in [0.25, 0.3) is 5.91 Å². The van der Waals surface area contributed by atoms with Gasteiger partial charge in [-0.15, -0.1) is 6.42 Å². The lowest BCUT2D eigenvalue weighted by Gasteiger charge is -2.14. The molecule has 0 saturated heterocycles. The summed E-state index contributed by atoms with van der Waals surface area (Å²) in [5.74, 6) is 1.16. The maximum absolute atomic E-state index is 13.3. The van der Waals surface area contributed by atoms with E-state index in [1.165, 1.54) is 19.1 Å². The van der Waals surface area contributed by atoms with Gasteiger partial charge >= 0.3 is 0 Å². The number of nitriles is 1. The molecule has 1 rings (SSSR count). The minimum atomic E-state index is -0.868. The minimum Gasteiger partial charge on any atom is -0.479 e. The maximum Gasteiger partial charge on any atom is 0.261 e. The van der Waals surface area contributed by atoms with E-state index in [2.05, 4.69) is 11.2 Å². The lowest BCUT2D eigenvalue weighted by Crippen LogP contribution is -2.36. The van der Waals surface area contributed by atoms with Crippen molar-refractivity contribution in [1.82, 2.24) is 5.32 Å². The number of hydrogen-bond donors (Lipinski definition) is 1. The average molecular weight is 246 g/mol. The Balaban J connectivity index is 2.80. The lowest BCUT2D eigenvalue weighted by atomic mass is 10.2. The first-order valence-electron chi connectivity index (χ1n) is 5.16. The predicted molar refractivity (Wildman–Crippen MR) is 63.0 cm³/mol. The van der Waals surface area contributed by atoms with Crippen molar-refractivity contribution >= 4 is 5.91 Å². The van der Waals surface area contributed by atoms with E-state index >= 15 is 0 Å². The van der Waals surface area contributed by atoms with Gasteiger partial charge in [-0.3, -0.25) is 4.79 Å². The van der Waals surface area contributed by atoms with E-state index in [0.717, 1.165) is 6.07 Å². The van der Waals surface area contributed by atoms with E-state index < -0.39 is 17.8 Å². The van der Waals surface area contributed by atoms with Gasteiger partial charge in [0.1, 0.15) is 23.2 Å². The molecule has 4 nitrogen and oxygen atoms in total. The summed E-state index contributed by atoms with van der Waals surface area (Å²) in [6.45, 7) is 1.57. The summed E-state index contributed by atoms with van der Waals surface area (Å²) in [4.78, 5) is 11.5. The molecule has 0 fully saturated rings. The van der Waals surface area contributed by atoms with Crippen molar-refractivity contribution in [3.63, 3.8) is 0 Å². The number of ether oxygens (including phenoxy) is 1. The fraction of sp³-hybridized carbons (Fsp3) is 0.231. The summed E-state index contributed by atoms with van der Waals surface area (Å²) in [6, 6.07) is 5.66. The molecule has 1 amide bonds. The highest BCUT2D eigenvalue weighted by atomic mass is 19.1. The van der Waals surface area contributed by atoms with Crippen molar-refractivity contribution in [3.8, 4) is 24.2 Å². The van der Waals surface area contributed by atoms with Crippen LogP contribution in [0.5, 0.6) is 5.75 Å². The van der Waals surface area contributed by atoms with Gasteiger partial charge in [-0.25, -0.2) is 4.39 Å². The molecule has 18 heavy (non-hydrogen) atoms. The van der Waals surface area contributed by atoms with E-state index in [0.29, 0.717) is 0 Å². The highest BCUT2D eigenvalue weighted by Crippen LogP contribution is 2.21. The Morgan fingerprint density at radius 2 is 2.39 bits per heavy atom. The van der Waals surface area contributed by atoms with Crippen LogP contribution in [0.15, 0.2) is 18.2 Å². The van der Waals surface area contributed by atoms with Gasteiger partial charge in [0.05, 0.1) is 6.54 Å². The van der Waals surface area contributed by atoms with E-state index in [1.807, 2.05) is 0 Å². The first kappa shape index (κ1) is 13.5. The van der Waals surface area contributed by atoms with Crippen LogP contribution in [0.1, 0.15) is 12.5 Å². The smallest absolute Gasteiger partial charge is 0.261 e. The third-order valence-electron chi connectivity index (χ3n) is 2.12. The zero-order valence-corrected chi connectivity index (χ0v) is 9.74. The fourth-order valence-electron chi connectivity index (χ4n) is 1.24. The van der Waals surface area contributed by atoms with Crippen LogP contribution in [0, 0.1) is 29.5 Å². The number of hydrogen-bond acceptors (Lipinski definition) is 3. The highest BCUT2D eigenvalue weighted by Gasteiger charge is 2.17. The van der Waals surface area contributed by atoms with Gasteiger partial charge in [-0.1, -0.05) is 12.0 Å². The van der Waals surface area contributed by atoms with Crippen molar-refractivity contribution in [2.75, 3.05) is 6.54 Å². The molecule has 0 aliphatic heterocycles. The van der Waals surface area contributed by atoms with E-state index in [9.17, 15) is 9.18 Å². The number of halogens is 1. The molecule has 0 aliphatic carbocycles. The monoisotopic (exact) mass is 246 g/mol. The Morgan fingerprint density at radius 3 is 3.00 bits per heavy atom. The second kappa shape index (κ2) is 6.27. The SMILES string of the molecule is C#CCNC(=O)C(C)Oc1cccc(F)c1C#N. The standard InChI is InChI=1S/C13H11FN2O2/c1-3-7-16-13(17)9(2)18-12-6-4-5-11(14)10(12)8-15/h1,4-6,9H,7H2,2H3,(H,16,17). The molecule has 0 bridgehead atoms. The Kier molecular flexibility index (Phi) is 4.71. The van der Waals surface area contributed by atoms with Crippen molar-refractivity contribution in [2.24, 2.45) is 0 Å². The number of benzene rings is 1. The molecule has 92 valence electrons. The van der Waals surface area contributed by atoms with E-state index in [1.54, 1.807) is 6.07 Å². The Morgan fingerprint density at radius 1 is 1.67 bits per heavy atom. The Bertz CT molecular complexity index is 529. The maximum atomic E-state index is 13.3. The van der Waals surface area contributed by atoms with Gasteiger partial charge < -0.3 is 10.1 Å². The van der Waals surface area contributed by atoms with Gasteiger partial charge in [-0.05, 0) is 19.1 Å². The van der Waals surface area contributed by atoms with Crippen molar-refractivity contribution in [2.45, 2.75) is 13.0 Å². The zero-order valence-electron chi connectivity index (χ0n) is 9.74. The molecule has 0 saturated carbocycles. The predicted octanol–water partition coefficient (Wildman–Crippen LogP) is 1.21. The van der Waals surface area contributed by atoms with Crippen molar-refractivity contribution in [3.05, 3.63) is 29.6 Å². The molecule has 0 aliphatic rings. The quantitative estimate of drug-likeness (QED) is 0.812. The molecule has 1 N–H and O–H groups in total. The third-order valence-corrected chi connectivity index (χ3v) is 2.12. The summed E-state index contributed by atoms with van der Waals surface area (Å²) in [5.41, 5.74) is -0.228. The van der Waals surface area contributed by atoms with Gasteiger partial charge in [0.15, 0.2) is 6.10 Å². The molecule has 1 aromatic rings. The third kappa shape index (κ3) is 3.23. The number of nitrogens with zero attached hydrogens (tertiary/aromatic N) is 1. The van der Waals surface area contributed by atoms with Gasteiger partial charge in [0.2, 0.25) is 0 Å². The molecule has 1 unspecified atom stereocenters. The van der Waals surface area contributed by atoms with Crippen LogP contribution in [0.25, 0.3) is 0 Å². The van der Waals surface area contributed by atoms with Crippen LogP contribution < -0.4 is 10.1 Å². The average Bonchev–Trinajstić information content (AvgIpc) is 2.36. The van der Waals surface area contributed by atoms with Crippen LogP contribution >= 0.6 is 0 Å². The molecule has 0 spiro atoms. The Labute approximate surface area is 104 Å². The molecule has 0 heterocycles. The molecule has 1 atom stereocenters. The number of nitrogens with one attached hydrogen (secondary N) is 1. The van der Waals surface area contributed by atoms with Crippen molar-refractivity contribution < 1.29 is 13.9 Å². The molecule has 0 radical (unpaired) electrons. The largest absolute Gasteiger partial charge is 0.479 e. The zero-order chi connectivity index (χ0) is 13.5. The van der Waals surface area contributed by atoms with Crippen LogP contribution in [-0.4, -0.2) is 18.6 Å². The van der Waals surface area contributed by atoms with Crippen LogP contribution in [0.2, 0.25) is 0 Å². The minimum absolute atomic E-state index is 0.0286. The summed E-state index contributed by atoms with van der Waals surface area (Å²) in [6.07, 6.45) is 4.13. The first-order chi connectivity index (χ1) is 8.60. The lowest BCUT2D eigenvalue weighted by molar-refractivity contribution is -0.127. The number of rotatable bonds is 4. The molecular formula is C13H11FN2O2. The van der Waals surface area contributed by atoms with E-state index in [4.69, 9.17) is 16.4 Å². The highest BCUT2D eigenvalue weighted by molar-refractivity contribution is 5.81. The number of carbonyl (C=O) groups excluding carboxylic acids is 1. The fourth-order valence-corrected chi connectivity index (χ4v) is 1.24. The van der Waals surface area contributed by atoms with Crippen molar-refractivity contribution in [1.29, 1.82) is 5.26 Å². The summed E-state index contributed by atoms with van der Waals surface area (Å²) >= 11 is 0. The van der Waals surface area contributed by atoms with Gasteiger partial charge in [0, 0.05) is 0 Å².